The highest BCUT2D eigenvalue weighted by Gasteiger charge is 2.42. The number of nitrogens with zero attached hydrogens (tertiary/aromatic N) is 5. The number of rotatable bonds is 7. The summed E-state index contributed by atoms with van der Waals surface area (Å²) in [6.07, 6.45) is 4.76. The number of esters is 1. The Morgan fingerprint density at radius 2 is 1.73 bits per heavy atom. The molecular formula is C37H40N6O2. The van der Waals surface area contributed by atoms with Gasteiger partial charge in [0.05, 0.1) is 24.3 Å². The molecule has 45 heavy (non-hydrogen) atoms. The summed E-state index contributed by atoms with van der Waals surface area (Å²) in [5.41, 5.74) is 13.0. The number of hydrogen-bond acceptors (Lipinski definition) is 7. The monoisotopic (exact) mass is 600 g/mol. The van der Waals surface area contributed by atoms with E-state index in [2.05, 4.69) is 64.7 Å². The SMILES string of the molecule is COC(=O)[C@H]1CC[C@H](CN2CC(c3ccc(-n4c(-c5cccnc5N)nc5ccc(-c6ccccc6)nc54)cc3)C2)CC1(C)C. The first-order chi connectivity index (χ1) is 21.8. The quantitative estimate of drug-likeness (QED) is 0.206. The number of likely N-dealkylation sites (tertiary alicyclic amines) is 1. The van der Waals surface area contributed by atoms with Gasteiger partial charge in [-0.2, -0.15) is 0 Å². The van der Waals surface area contributed by atoms with E-state index in [0.29, 0.717) is 17.7 Å². The van der Waals surface area contributed by atoms with Crippen LogP contribution in [0.4, 0.5) is 5.82 Å². The van der Waals surface area contributed by atoms with Crippen LogP contribution in [-0.4, -0.2) is 57.1 Å². The van der Waals surface area contributed by atoms with Gasteiger partial charge in [0.15, 0.2) is 11.5 Å². The van der Waals surface area contributed by atoms with Gasteiger partial charge in [0.25, 0.3) is 0 Å². The molecule has 2 N–H and O–H groups in total. The van der Waals surface area contributed by atoms with E-state index in [1.807, 2.05) is 42.5 Å². The Labute approximate surface area is 264 Å². The first-order valence-corrected chi connectivity index (χ1v) is 15.9. The standard InChI is InChI=1S/C37H40N6O2/c1-37(2)20-24(11-16-30(37)36(44)45-3)21-42-22-27(23-42)25-12-14-28(15-13-25)43-34(29-10-7-19-39-33(29)38)41-32-18-17-31(40-35(32)43)26-8-5-4-6-9-26/h4-10,12-15,17-19,24,27,30H,11,16,20-23H2,1-3H3,(H2,38,39)/t24-,30+/m0/s1. The lowest BCUT2D eigenvalue weighted by atomic mass is 9.65. The fourth-order valence-corrected chi connectivity index (χ4v) is 7.47. The van der Waals surface area contributed by atoms with Crippen molar-refractivity contribution in [1.82, 2.24) is 24.4 Å². The van der Waals surface area contributed by atoms with Crippen molar-refractivity contribution >= 4 is 23.0 Å². The molecule has 0 radical (unpaired) electrons. The lowest BCUT2D eigenvalue weighted by molar-refractivity contribution is -0.152. The molecule has 230 valence electrons. The molecule has 7 rings (SSSR count). The van der Waals surface area contributed by atoms with Crippen LogP contribution in [0.3, 0.4) is 0 Å². The summed E-state index contributed by atoms with van der Waals surface area (Å²) < 4.78 is 7.18. The molecule has 2 aromatic carbocycles. The number of pyridine rings is 2. The second-order valence-corrected chi connectivity index (χ2v) is 13.3. The molecular weight excluding hydrogens is 560 g/mol. The van der Waals surface area contributed by atoms with Crippen molar-refractivity contribution in [2.45, 2.75) is 39.0 Å². The number of aromatic nitrogens is 4. The molecule has 0 spiro atoms. The predicted molar refractivity (Wildman–Crippen MR) is 178 cm³/mol. The third kappa shape index (κ3) is 5.59. The van der Waals surface area contributed by atoms with Crippen LogP contribution in [-0.2, 0) is 9.53 Å². The second-order valence-electron chi connectivity index (χ2n) is 13.3. The molecule has 3 aromatic heterocycles. The number of carbonyl (C=O) groups excluding carboxylic acids is 1. The normalized spacial score (nSPS) is 20.2. The molecule has 0 amide bonds. The molecule has 1 saturated heterocycles. The summed E-state index contributed by atoms with van der Waals surface area (Å²) in [4.78, 5) is 29.2. The summed E-state index contributed by atoms with van der Waals surface area (Å²) >= 11 is 0. The lowest BCUT2D eigenvalue weighted by Gasteiger charge is -2.46. The molecule has 1 saturated carbocycles. The Morgan fingerprint density at radius 1 is 0.956 bits per heavy atom. The van der Waals surface area contributed by atoms with Gasteiger partial charge in [0.1, 0.15) is 11.3 Å². The molecule has 2 atom stereocenters. The molecule has 1 aliphatic carbocycles. The first kappa shape index (κ1) is 29.2. The fourth-order valence-electron chi connectivity index (χ4n) is 7.47. The van der Waals surface area contributed by atoms with Crippen LogP contribution in [0, 0.1) is 17.3 Å². The molecule has 1 aliphatic heterocycles. The van der Waals surface area contributed by atoms with Crippen molar-refractivity contribution in [1.29, 1.82) is 0 Å². The zero-order chi connectivity index (χ0) is 31.1. The topological polar surface area (TPSA) is 99.2 Å². The summed E-state index contributed by atoms with van der Waals surface area (Å²) in [5.74, 6) is 2.23. The van der Waals surface area contributed by atoms with Gasteiger partial charge in [-0.15, -0.1) is 0 Å². The van der Waals surface area contributed by atoms with Crippen molar-refractivity contribution in [3.8, 4) is 28.3 Å². The number of nitrogens with two attached hydrogens (primary N) is 1. The minimum atomic E-state index is -0.0574. The van der Waals surface area contributed by atoms with Crippen molar-refractivity contribution in [3.63, 3.8) is 0 Å². The van der Waals surface area contributed by atoms with E-state index in [-0.39, 0.29) is 17.3 Å². The molecule has 4 heterocycles. The van der Waals surface area contributed by atoms with Gasteiger partial charge in [-0.25, -0.2) is 15.0 Å². The summed E-state index contributed by atoms with van der Waals surface area (Å²) in [6.45, 7) is 7.65. The minimum Gasteiger partial charge on any atom is -0.469 e. The van der Waals surface area contributed by atoms with E-state index in [0.717, 1.165) is 78.4 Å². The highest BCUT2D eigenvalue weighted by atomic mass is 16.5. The highest BCUT2D eigenvalue weighted by Crippen LogP contribution is 2.45. The maximum absolute atomic E-state index is 12.3. The number of anilines is 1. The van der Waals surface area contributed by atoms with Crippen LogP contribution in [0.2, 0.25) is 0 Å². The summed E-state index contributed by atoms with van der Waals surface area (Å²) in [7, 11) is 1.50. The Bertz CT molecular complexity index is 1830. The van der Waals surface area contributed by atoms with Crippen molar-refractivity contribution in [2.75, 3.05) is 32.5 Å². The molecule has 2 fully saturated rings. The largest absolute Gasteiger partial charge is 0.469 e. The summed E-state index contributed by atoms with van der Waals surface area (Å²) in [5, 5.41) is 0. The molecule has 0 bridgehead atoms. The predicted octanol–water partition coefficient (Wildman–Crippen LogP) is 6.75. The van der Waals surface area contributed by atoms with E-state index in [1.54, 1.807) is 6.20 Å². The zero-order valence-corrected chi connectivity index (χ0v) is 26.2. The zero-order valence-electron chi connectivity index (χ0n) is 26.2. The Balaban J connectivity index is 1.11. The minimum absolute atomic E-state index is 0.00394. The van der Waals surface area contributed by atoms with Crippen LogP contribution in [0.25, 0.3) is 39.5 Å². The number of ether oxygens (including phenoxy) is 1. The maximum Gasteiger partial charge on any atom is 0.309 e. The van der Waals surface area contributed by atoms with Crippen molar-refractivity contribution < 1.29 is 9.53 Å². The lowest BCUT2D eigenvalue weighted by Crippen LogP contribution is -2.49. The van der Waals surface area contributed by atoms with Gasteiger partial charge in [-0.1, -0.05) is 56.3 Å². The number of imidazole rings is 1. The molecule has 8 heteroatoms. The van der Waals surface area contributed by atoms with Crippen LogP contribution in [0.1, 0.15) is 44.6 Å². The van der Waals surface area contributed by atoms with E-state index < -0.39 is 0 Å². The van der Waals surface area contributed by atoms with E-state index in [1.165, 1.54) is 12.7 Å². The van der Waals surface area contributed by atoms with Crippen molar-refractivity contribution in [2.24, 2.45) is 17.3 Å². The number of nitrogen functional groups attached to an aromatic ring is 1. The smallest absolute Gasteiger partial charge is 0.309 e. The molecule has 5 aromatic rings. The van der Waals surface area contributed by atoms with Crippen molar-refractivity contribution in [3.05, 3.63) is 90.6 Å². The summed E-state index contributed by atoms with van der Waals surface area (Å²) in [6, 6.07) is 26.9. The average molecular weight is 601 g/mol. The molecule has 2 aliphatic rings. The van der Waals surface area contributed by atoms with Crippen LogP contribution in [0.15, 0.2) is 85.1 Å². The third-order valence-electron chi connectivity index (χ3n) is 9.86. The Kier molecular flexibility index (Phi) is 7.61. The number of carbonyl (C=O) groups is 1. The van der Waals surface area contributed by atoms with E-state index in [4.69, 9.17) is 20.4 Å². The first-order valence-electron chi connectivity index (χ1n) is 15.9. The average Bonchev–Trinajstić information content (AvgIpc) is 3.41. The van der Waals surface area contributed by atoms with Crippen LogP contribution >= 0.6 is 0 Å². The van der Waals surface area contributed by atoms with E-state index in [9.17, 15) is 4.79 Å². The molecule has 8 nitrogen and oxygen atoms in total. The van der Waals surface area contributed by atoms with Gasteiger partial charge in [-0.05, 0) is 72.6 Å². The van der Waals surface area contributed by atoms with Gasteiger partial charge in [-0.3, -0.25) is 9.36 Å². The second kappa shape index (κ2) is 11.7. The number of benzene rings is 2. The maximum atomic E-state index is 12.3. The van der Waals surface area contributed by atoms with Crippen LogP contribution in [0.5, 0.6) is 0 Å². The van der Waals surface area contributed by atoms with Gasteiger partial charge in [0, 0.05) is 43.0 Å². The fraction of sp³-hybridized carbons (Fsp3) is 0.351. The van der Waals surface area contributed by atoms with Gasteiger partial charge in [0.2, 0.25) is 0 Å². The van der Waals surface area contributed by atoms with E-state index >= 15 is 0 Å². The number of fused-ring (bicyclic) bond motifs is 1. The Hall–Kier alpha value is -4.56. The van der Waals surface area contributed by atoms with Gasteiger partial charge >= 0.3 is 5.97 Å². The highest BCUT2D eigenvalue weighted by molar-refractivity contribution is 5.84. The van der Waals surface area contributed by atoms with Gasteiger partial charge < -0.3 is 15.4 Å². The Morgan fingerprint density at radius 3 is 2.44 bits per heavy atom. The third-order valence-corrected chi connectivity index (χ3v) is 9.86. The number of hydrogen-bond donors (Lipinski definition) is 1. The molecule has 0 unspecified atom stereocenters. The number of methoxy groups -OCH3 is 1. The van der Waals surface area contributed by atoms with Crippen LogP contribution < -0.4 is 5.73 Å².